The van der Waals surface area contributed by atoms with Crippen LogP contribution in [0.2, 0.25) is 0 Å². The van der Waals surface area contributed by atoms with E-state index in [0.29, 0.717) is 12.5 Å². The maximum atomic E-state index is 6.01. The molecule has 2 N–H and O–H groups in total. The first-order valence-electron chi connectivity index (χ1n) is 6.36. The van der Waals surface area contributed by atoms with Gasteiger partial charge in [-0.2, -0.15) is 11.8 Å². The van der Waals surface area contributed by atoms with Gasteiger partial charge in [-0.15, -0.1) is 0 Å². The number of guanidine groups is 1. The molecule has 0 aromatic carbocycles. The predicted octanol–water partition coefficient (Wildman–Crippen LogP) is 1.51. The van der Waals surface area contributed by atoms with Crippen molar-refractivity contribution in [2.45, 2.75) is 19.9 Å². The van der Waals surface area contributed by atoms with Crippen LogP contribution in [0.15, 0.2) is 23.3 Å². The van der Waals surface area contributed by atoms with Crippen LogP contribution in [0.3, 0.4) is 0 Å². The Morgan fingerprint density at radius 2 is 2.28 bits per heavy atom. The van der Waals surface area contributed by atoms with Crippen LogP contribution >= 0.6 is 11.8 Å². The summed E-state index contributed by atoms with van der Waals surface area (Å²) in [5.74, 6) is 2.93. The van der Waals surface area contributed by atoms with Gasteiger partial charge in [0.2, 0.25) is 0 Å². The Hall–Kier alpha value is -1.23. The standard InChI is InChI=1S/C13H20N4S/c1-2-11-3-4-15-12(9-11)10-16-13(14)17-5-7-18-8-6-17/h3-4,9H,2,5-8,10H2,1H3,(H2,14,16). The maximum Gasteiger partial charge on any atom is 0.191 e. The first kappa shape index (κ1) is 13.2. The molecule has 0 saturated carbocycles. The monoisotopic (exact) mass is 264 g/mol. The highest BCUT2D eigenvalue weighted by molar-refractivity contribution is 7.99. The second-order valence-electron chi connectivity index (χ2n) is 4.28. The molecule has 0 unspecified atom stereocenters. The Balaban J connectivity index is 1.95. The summed E-state index contributed by atoms with van der Waals surface area (Å²) in [4.78, 5) is 10.9. The molecule has 0 amide bonds. The van der Waals surface area contributed by atoms with Gasteiger partial charge >= 0.3 is 0 Å². The summed E-state index contributed by atoms with van der Waals surface area (Å²) in [5, 5.41) is 0. The molecular weight excluding hydrogens is 244 g/mol. The minimum absolute atomic E-state index is 0.573. The van der Waals surface area contributed by atoms with Gasteiger partial charge in [0.15, 0.2) is 5.96 Å². The van der Waals surface area contributed by atoms with Gasteiger partial charge in [0.1, 0.15) is 0 Å². The molecule has 1 fully saturated rings. The molecular formula is C13H20N4S. The van der Waals surface area contributed by atoms with Gasteiger partial charge in [0, 0.05) is 30.8 Å². The summed E-state index contributed by atoms with van der Waals surface area (Å²) in [6.07, 6.45) is 2.87. The van der Waals surface area contributed by atoms with E-state index in [-0.39, 0.29) is 0 Å². The van der Waals surface area contributed by atoms with Crippen LogP contribution in [0, 0.1) is 0 Å². The molecule has 4 nitrogen and oxygen atoms in total. The van der Waals surface area contributed by atoms with Crippen LogP contribution in [0.1, 0.15) is 18.2 Å². The Labute approximate surface area is 113 Å². The fourth-order valence-corrected chi connectivity index (χ4v) is 2.79. The van der Waals surface area contributed by atoms with E-state index in [1.165, 1.54) is 5.56 Å². The number of thioether (sulfide) groups is 1. The van der Waals surface area contributed by atoms with E-state index in [9.17, 15) is 0 Å². The van der Waals surface area contributed by atoms with Crippen molar-refractivity contribution in [1.29, 1.82) is 0 Å². The zero-order valence-electron chi connectivity index (χ0n) is 10.8. The lowest BCUT2D eigenvalue weighted by Crippen LogP contribution is -2.42. The largest absolute Gasteiger partial charge is 0.370 e. The molecule has 0 aliphatic carbocycles. The van der Waals surface area contributed by atoms with Crippen LogP contribution < -0.4 is 5.73 Å². The van der Waals surface area contributed by atoms with Gasteiger partial charge in [-0.1, -0.05) is 6.92 Å². The number of hydrogen-bond donors (Lipinski definition) is 1. The third-order valence-electron chi connectivity index (χ3n) is 3.03. The van der Waals surface area contributed by atoms with E-state index in [1.807, 2.05) is 24.0 Å². The molecule has 0 bridgehead atoms. The number of nitrogens with two attached hydrogens (primary N) is 1. The number of nitrogens with zero attached hydrogens (tertiary/aromatic N) is 3. The number of aromatic nitrogens is 1. The molecule has 18 heavy (non-hydrogen) atoms. The Kier molecular flexibility index (Phi) is 4.87. The number of pyridine rings is 1. The lowest BCUT2D eigenvalue weighted by Gasteiger charge is -2.27. The summed E-state index contributed by atoms with van der Waals surface area (Å²) in [5.41, 5.74) is 8.29. The van der Waals surface area contributed by atoms with Crippen molar-refractivity contribution < 1.29 is 0 Å². The third kappa shape index (κ3) is 3.63. The SMILES string of the molecule is CCc1ccnc(CN=C(N)N2CCSCC2)c1. The van der Waals surface area contributed by atoms with E-state index in [4.69, 9.17) is 5.73 Å². The summed E-state index contributed by atoms with van der Waals surface area (Å²) in [7, 11) is 0. The van der Waals surface area contributed by atoms with Crippen LogP contribution in [0.5, 0.6) is 0 Å². The number of rotatable bonds is 3. The number of aryl methyl sites for hydroxylation is 1. The second-order valence-corrected chi connectivity index (χ2v) is 5.51. The van der Waals surface area contributed by atoms with E-state index in [2.05, 4.69) is 27.9 Å². The highest BCUT2D eigenvalue weighted by Gasteiger charge is 2.11. The lowest BCUT2D eigenvalue weighted by atomic mass is 10.2. The molecule has 0 atom stereocenters. The zero-order chi connectivity index (χ0) is 12.8. The summed E-state index contributed by atoms with van der Waals surface area (Å²) < 4.78 is 0. The Bertz CT molecular complexity index is 413. The molecule has 1 aromatic heterocycles. The molecule has 1 aliphatic heterocycles. The Morgan fingerprint density at radius 3 is 3.00 bits per heavy atom. The second kappa shape index (κ2) is 6.64. The smallest absolute Gasteiger partial charge is 0.191 e. The molecule has 98 valence electrons. The number of hydrogen-bond acceptors (Lipinski definition) is 3. The lowest BCUT2D eigenvalue weighted by molar-refractivity contribution is 0.455. The fourth-order valence-electron chi connectivity index (χ4n) is 1.89. The first-order valence-corrected chi connectivity index (χ1v) is 7.51. The Morgan fingerprint density at radius 1 is 1.50 bits per heavy atom. The normalized spacial score (nSPS) is 16.9. The van der Waals surface area contributed by atoms with Gasteiger partial charge in [-0.05, 0) is 24.1 Å². The molecule has 1 aromatic rings. The summed E-state index contributed by atoms with van der Waals surface area (Å²) in [6, 6.07) is 4.14. The fraction of sp³-hybridized carbons (Fsp3) is 0.538. The maximum absolute atomic E-state index is 6.01. The van der Waals surface area contributed by atoms with Crippen LogP contribution in [-0.4, -0.2) is 40.4 Å². The average Bonchev–Trinajstić information content (AvgIpc) is 2.46. The molecule has 1 saturated heterocycles. The van der Waals surface area contributed by atoms with Crippen molar-refractivity contribution in [1.82, 2.24) is 9.88 Å². The highest BCUT2D eigenvalue weighted by Crippen LogP contribution is 2.09. The van der Waals surface area contributed by atoms with E-state index in [0.717, 1.165) is 36.7 Å². The predicted molar refractivity (Wildman–Crippen MR) is 77.8 cm³/mol. The molecule has 2 heterocycles. The molecule has 0 spiro atoms. The van der Waals surface area contributed by atoms with Crippen LogP contribution in [0.4, 0.5) is 0 Å². The van der Waals surface area contributed by atoms with Crippen molar-refractivity contribution in [2.75, 3.05) is 24.6 Å². The van der Waals surface area contributed by atoms with Crippen molar-refractivity contribution >= 4 is 17.7 Å². The van der Waals surface area contributed by atoms with Gasteiger partial charge in [0.25, 0.3) is 0 Å². The highest BCUT2D eigenvalue weighted by atomic mass is 32.2. The minimum atomic E-state index is 0.573. The van der Waals surface area contributed by atoms with E-state index in [1.54, 1.807) is 0 Å². The molecule has 5 heteroatoms. The topological polar surface area (TPSA) is 54.5 Å². The number of aliphatic imine (C=N–C) groups is 1. The molecule has 1 aliphatic rings. The third-order valence-corrected chi connectivity index (χ3v) is 3.97. The van der Waals surface area contributed by atoms with Crippen molar-refractivity contribution in [3.63, 3.8) is 0 Å². The van der Waals surface area contributed by atoms with Gasteiger partial charge < -0.3 is 10.6 Å². The summed E-state index contributed by atoms with van der Waals surface area (Å²) >= 11 is 1.97. The van der Waals surface area contributed by atoms with Crippen molar-refractivity contribution in [2.24, 2.45) is 10.7 Å². The van der Waals surface area contributed by atoms with Crippen molar-refractivity contribution in [3.05, 3.63) is 29.6 Å². The molecule has 0 radical (unpaired) electrons. The average molecular weight is 264 g/mol. The zero-order valence-corrected chi connectivity index (χ0v) is 11.6. The van der Waals surface area contributed by atoms with Gasteiger partial charge in [-0.25, -0.2) is 4.99 Å². The van der Waals surface area contributed by atoms with Crippen LogP contribution in [0.25, 0.3) is 0 Å². The van der Waals surface area contributed by atoms with Gasteiger partial charge in [0.05, 0.1) is 12.2 Å². The minimum Gasteiger partial charge on any atom is -0.370 e. The van der Waals surface area contributed by atoms with E-state index >= 15 is 0 Å². The first-order chi connectivity index (χ1) is 8.79. The quantitative estimate of drug-likeness (QED) is 0.664. The van der Waals surface area contributed by atoms with Gasteiger partial charge in [-0.3, -0.25) is 4.98 Å². The summed E-state index contributed by atoms with van der Waals surface area (Å²) in [6.45, 7) is 4.72. The van der Waals surface area contributed by atoms with Crippen molar-refractivity contribution in [3.8, 4) is 0 Å². The van der Waals surface area contributed by atoms with E-state index < -0.39 is 0 Å². The van der Waals surface area contributed by atoms with Crippen LogP contribution in [-0.2, 0) is 13.0 Å². The molecule has 2 rings (SSSR count).